The van der Waals surface area contributed by atoms with Gasteiger partial charge in [0, 0.05) is 10.7 Å². The van der Waals surface area contributed by atoms with Crippen LogP contribution in [0.2, 0.25) is 0 Å². The molecule has 0 aliphatic carbocycles. The maximum atomic E-state index is 12.7. The first-order valence-corrected chi connectivity index (χ1v) is 6.91. The molecule has 124 valence electrons. The van der Waals surface area contributed by atoms with Gasteiger partial charge in [-0.25, -0.2) is 8.42 Å². The molecule has 22 heavy (non-hydrogen) atoms. The maximum absolute atomic E-state index is 12.7. The van der Waals surface area contributed by atoms with Crippen LogP contribution in [0.1, 0.15) is 5.56 Å². The highest BCUT2D eigenvalue weighted by atomic mass is 35.7. The summed E-state index contributed by atoms with van der Waals surface area (Å²) in [5.41, 5.74) is -2.37. The molecular weight excluding hydrogens is 374 g/mol. The first kappa shape index (κ1) is 18.2. The van der Waals surface area contributed by atoms with Crippen LogP contribution in [0.4, 0.5) is 32.2 Å². The second-order valence-corrected chi connectivity index (χ2v) is 5.88. The average molecular weight is 375 g/mol. The number of hydrogen-bond acceptors (Lipinski definition) is 6. The lowest BCUT2D eigenvalue weighted by Crippen LogP contribution is -2.22. The van der Waals surface area contributed by atoms with Crippen LogP contribution < -0.4 is 4.74 Å². The molecule has 0 saturated carbocycles. The van der Waals surface area contributed by atoms with Gasteiger partial charge in [-0.1, -0.05) is 0 Å². The smallest absolute Gasteiger partial charge is 0.400 e. The van der Waals surface area contributed by atoms with Gasteiger partial charge in [0.2, 0.25) is 5.75 Å². The summed E-state index contributed by atoms with van der Waals surface area (Å²) in [6, 6.07) is -0.410. The Labute approximate surface area is 121 Å². The molecule has 0 bridgehead atoms. The van der Waals surface area contributed by atoms with Gasteiger partial charge in [-0.3, -0.25) is 0 Å². The number of nitro groups is 1. The second-order valence-electron chi connectivity index (χ2n) is 3.40. The normalized spacial score (nSPS) is 13.0. The molecule has 1 rings (SSSR count). The third kappa shape index (κ3) is 4.33. The van der Waals surface area contributed by atoms with Gasteiger partial charge in [0.05, 0.1) is 6.07 Å². The Hall–Kier alpha value is -1.83. The fourth-order valence-electron chi connectivity index (χ4n) is 1.18. The summed E-state index contributed by atoms with van der Waals surface area (Å²) in [5.74, 6) is -3.98. The van der Waals surface area contributed by atoms with E-state index < -0.39 is 54.7 Å². The Morgan fingerprint density at radius 3 is 2.05 bits per heavy atom. The Bertz CT molecular complexity index is 715. The second kappa shape index (κ2) is 5.42. The number of ether oxygens (including phenoxy) is 1. The van der Waals surface area contributed by atoms with Gasteiger partial charge >= 0.3 is 32.4 Å². The topological polar surface area (TPSA) is 99.4 Å². The molecule has 0 saturated heterocycles. The van der Waals surface area contributed by atoms with E-state index >= 15 is 0 Å². The van der Waals surface area contributed by atoms with Gasteiger partial charge in [0.25, 0.3) is 0 Å². The molecule has 0 unspecified atom stereocenters. The lowest BCUT2D eigenvalue weighted by Gasteiger charge is -2.15. The molecule has 0 amide bonds. The van der Waals surface area contributed by atoms with Crippen molar-refractivity contribution in [2.75, 3.05) is 0 Å². The summed E-state index contributed by atoms with van der Waals surface area (Å²) in [6.45, 7) is 0. The molecule has 0 aliphatic rings. The van der Waals surface area contributed by atoms with E-state index in [1.54, 1.807) is 0 Å². The number of aromatic nitrogens is 1. The zero-order valence-corrected chi connectivity index (χ0v) is 11.1. The average Bonchev–Trinajstić information content (AvgIpc) is 2.23. The van der Waals surface area contributed by atoms with Crippen molar-refractivity contribution in [3.05, 3.63) is 21.7 Å². The molecule has 0 spiro atoms. The van der Waals surface area contributed by atoms with Crippen LogP contribution in [0.15, 0.2) is 11.1 Å². The summed E-state index contributed by atoms with van der Waals surface area (Å²) in [4.78, 5) is 11.4. The van der Waals surface area contributed by atoms with Crippen molar-refractivity contribution >= 4 is 25.6 Å². The Morgan fingerprint density at radius 2 is 1.73 bits per heavy atom. The summed E-state index contributed by atoms with van der Waals surface area (Å²) >= 11 is 0. The number of alkyl halides is 6. The summed E-state index contributed by atoms with van der Waals surface area (Å²) in [5, 5.41) is 8.35. The number of halogens is 7. The van der Waals surface area contributed by atoms with Gasteiger partial charge in [0.15, 0.2) is 0 Å². The molecule has 0 atom stereocenters. The molecule has 0 radical (unpaired) electrons. The van der Waals surface area contributed by atoms with Gasteiger partial charge < -0.3 is 14.9 Å². The molecule has 1 heterocycles. The molecule has 0 aliphatic heterocycles. The first-order valence-electron chi connectivity index (χ1n) is 4.60. The minimum Gasteiger partial charge on any atom is -0.400 e. The van der Waals surface area contributed by atoms with E-state index in [-0.39, 0.29) is 0 Å². The van der Waals surface area contributed by atoms with Crippen molar-refractivity contribution in [3.8, 4) is 5.75 Å². The van der Waals surface area contributed by atoms with Crippen molar-refractivity contribution in [1.82, 2.24) is 4.98 Å². The fourth-order valence-corrected chi connectivity index (χ4v) is 2.07. The van der Waals surface area contributed by atoms with Crippen molar-refractivity contribution in [1.29, 1.82) is 0 Å². The van der Waals surface area contributed by atoms with Crippen LogP contribution in [-0.2, 0) is 15.2 Å². The van der Waals surface area contributed by atoms with Crippen LogP contribution in [0.5, 0.6) is 5.75 Å². The number of hydrogen-bond donors (Lipinski definition) is 0. The van der Waals surface area contributed by atoms with E-state index in [1.165, 1.54) is 0 Å². The molecule has 7 nitrogen and oxygen atoms in total. The van der Waals surface area contributed by atoms with Crippen LogP contribution in [0, 0.1) is 10.1 Å². The van der Waals surface area contributed by atoms with Crippen LogP contribution in [0.25, 0.3) is 0 Å². The summed E-state index contributed by atoms with van der Waals surface area (Å²) in [7, 11) is -0.649. The highest BCUT2D eigenvalue weighted by Gasteiger charge is 2.46. The highest BCUT2D eigenvalue weighted by Crippen LogP contribution is 2.43. The molecule has 15 heteroatoms. The van der Waals surface area contributed by atoms with Gasteiger partial charge in [-0.2, -0.15) is 13.2 Å². The zero-order chi connectivity index (χ0) is 17.5. The van der Waals surface area contributed by atoms with Gasteiger partial charge in [-0.15, -0.1) is 13.2 Å². The third-order valence-corrected chi connectivity index (χ3v) is 3.05. The van der Waals surface area contributed by atoms with Gasteiger partial charge in [0.1, 0.15) is 5.56 Å². The quantitative estimate of drug-likeness (QED) is 0.349. The van der Waals surface area contributed by atoms with E-state index in [0.29, 0.717) is 0 Å². The number of rotatable bonds is 3. The largest absolute Gasteiger partial charge is 0.573 e. The highest BCUT2D eigenvalue weighted by molar-refractivity contribution is 8.13. The Kier molecular flexibility index (Phi) is 4.49. The lowest BCUT2D eigenvalue weighted by molar-refractivity contribution is -0.390. The SMILES string of the molecule is O=[N+]([O-])c1cc(C(F)(F)F)c(OC(F)(F)F)c(S(=O)(=O)Cl)n1. The predicted octanol–water partition coefficient (Wildman–Crippen LogP) is 2.83. The molecule has 1 aromatic rings. The molecule has 1 aromatic heterocycles. The summed E-state index contributed by atoms with van der Waals surface area (Å²) < 4.78 is 99.6. The van der Waals surface area contributed by atoms with E-state index in [4.69, 9.17) is 0 Å². The fraction of sp³-hybridized carbons (Fsp3) is 0.286. The third-order valence-electron chi connectivity index (χ3n) is 1.87. The van der Waals surface area contributed by atoms with E-state index in [1.807, 2.05) is 0 Å². The van der Waals surface area contributed by atoms with E-state index in [9.17, 15) is 44.9 Å². The predicted molar refractivity (Wildman–Crippen MR) is 55.6 cm³/mol. The van der Waals surface area contributed by atoms with E-state index in [0.717, 1.165) is 0 Å². The van der Waals surface area contributed by atoms with Crippen LogP contribution in [-0.4, -0.2) is 24.7 Å². The van der Waals surface area contributed by atoms with Crippen molar-refractivity contribution < 1.29 is 44.4 Å². The number of nitrogens with zero attached hydrogens (tertiary/aromatic N) is 2. The summed E-state index contributed by atoms with van der Waals surface area (Å²) in [6.07, 6.45) is -11.3. The first-order chi connectivity index (χ1) is 9.63. The van der Waals surface area contributed by atoms with Crippen LogP contribution in [0.3, 0.4) is 0 Å². The minimum atomic E-state index is -5.73. The Balaban J connectivity index is 3.86. The zero-order valence-electron chi connectivity index (χ0n) is 9.57. The molecular formula is C7HClF6N2O5S. The maximum Gasteiger partial charge on any atom is 0.573 e. The van der Waals surface area contributed by atoms with Crippen molar-refractivity contribution in [2.24, 2.45) is 0 Å². The van der Waals surface area contributed by atoms with Crippen molar-refractivity contribution in [2.45, 2.75) is 17.6 Å². The molecule has 0 fully saturated rings. The monoisotopic (exact) mass is 374 g/mol. The number of pyridine rings is 1. The minimum absolute atomic E-state index is 0.410. The molecule has 0 N–H and O–H groups in total. The van der Waals surface area contributed by atoms with Crippen LogP contribution >= 0.6 is 10.7 Å². The standard InChI is InChI=1S/C7HClF6N2O5S/c8-22(19,20)5-4(21-7(12,13)14)2(6(9,10)11)1-3(15-5)16(17)18/h1H. The molecule has 0 aromatic carbocycles. The Morgan fingerprint density at radius 1 is 1.23 bits per heavy atom. The van der Waals surface area contributed by atoms with Crippen molar-refractivity contribution in [3.63, 3.8) is 0 Å². The lowest BCUT2D eigenvalue weighted by atomic mass is 10.2. The van der Waals surface area contributed by atoms with Gasteiger partial charge in [-0.05, 0) is 9.91 Å². The van der Waals surface area contributed by atoms with E-state index in [2.05, 4.69) is 20.4 Å².